The van der Waals surface area contributed by atoms with Gasteiger partial charge in [0.1, 0.15) is 13.7 Å². The minimum Gasteiger partial charge on any atom is -0.366 e. The second-order valence-electron chi connectivity index (χ2n) is 9.71. The summed E-state index contributed by atoms with van der Waals surface area (Å²) >= 11 is 0. The van der Waals surface area contributed by atoms with Crippen LogP contribution in [-0.4, -0.2) is 51.3 Å². The fraction of sp³-hybridized carbons (Fsp3) is 0.520. The van der Waals surface area contributed by atoms with E-state index in [0.717, 1.165) is 60.5 Å². The number of fused-ring (bicyclic) bond motifs is 1. The third-order valence-electron chi connectivity index (χ3n) is 7.32. The van der Waals surface area contributed by atoms with Gasteiger partial charge in [-0.15, -0.1) is 0 Å². The molecular weight excluding hydrogens is 411 g/mol. The van der Waals surface area contributed by atoms with E-state index in [4.69, 9.17) is 4.98 Å². The first-order chi connectivity index (χ1) is 16.2. The highest BCUT2D eigenvalue weighted by Gasteiger charge is 2.27. The van der Waals surface area contributed by atoms with E-state index in [2.05, 4.69) is 40.3 Å². The lowest BCUT2D eigenvalue weighted by Gasteiger charge is -2.33. The normalized spacial score (nSPS) is 18.0. The van der Waals surface area contributed by atoms with Gasteiger partial charge in [-0.05, 0) is 48.7 Å². The average molecular weight is 444 g/mol. The van der Waals surface area contributed by atoms with Crippen LogP contribution >= 0.6 is 0 Å². The van der Waals surface area contributed by atoms with Gasteiger partial charge in [-0.25, -0.2) is 4.98 Å². The Hall–Kier alpha value is -2.90. The maximum atomic E-state index is 12.9. The Labute approximate surface area is 196 Å². The molecule has 1 aliphatic carbocycles. The van der Waals surface area contributed by atoms with E-state index in [1.807, 2.05) is 23.0 Å². The van der Waals surface area contributed by atoms with Gasteiger partial charge in [0.25, 0.3) is 0 Å². The van der Waals surface area contributed by atoms with Gasteiger partial charge in [0.05, 0.1) is 0 Å². The van der Waals surface area contributed by atoms with E-state index in [1.54, 1.807) is 6.20 Å². The van der Waals surface area contributed by atoms with E-state index in [1.165, 1.54) is 32.1 Å². The van der Waals surface area contributed by atoms with Gasteiger partial charge in [-0.2, -0.15) is 9.61 Å². The highest BCUT2D eigenvalue weighted by atomic mass is 16.2. The standard InChI is InChI=1S/C25H33BN6O/c26-21-17-29-32-23(28-16-19-7-4-10-27-15-19)14-22(30-25(21)32)20-8-11-31(12-9-20)24(33)13-18-5-2-1-3-6-18/h4,7,10,14-15,17-18,20,28H,1-3,5-6,8-9,11-13,16,26H2. The molecular formula is C25H33BN6O. The lowest BCUT2D eigenvalue weighted by atomic mass is 9.86. The number of likely N-dealkylation sites (tertiary alicyclic amines) is 1. The zero-order chi connectivity index (χ0) is 22.6. The Bertz CT molecular complexity index is 1090. The van der Waals surface area contributed by atoms with Crippen LogP contribution in [0.25, 0.3) is 5.65 Å². The predicted molar refractivity (Wildman–Crippen MR) is 132 cm³/mol. The van der Waals surface area contributed by atoms with Crippen molar-refractivity contribution in [2.45, 2.75) is 63.8 Å². The molecule has 1 saturated carbocycles. The van der Waals surface area contributed by atoms with E-state index in [0.29, 0.717) is 24.3 Å². The van der Waals surface area contributed by atoms with Crippen LogP contribution in [0, 0.1) is 5.92 Å². The van der Waals surface area contributed by atoms with E-state index >= 15 is 0 Å². The molecule has 0 bridgehead atoms. The molecule has 0 unspecified atom stereocenters. The van der Waals surface area contributed by atoms with E-state index in [9.17, 15) is 4.79 Å². The first-order valence-corrected chi connectivity index (χ1v) is 12.4. The highest BCUT2D eigenvalue weighted by molar-refractivity contribution is 6.36. The number of hydrogen-bond acceptors (Lipinski definition) is 5. The molecule has 172 valence electrons. The minimum absolute atomic E-state index is 0.356. The molecule has 8 heteroatoms. The van der Waals surface area contributed by atoms with Gasteiger partial charge < -0.3 is 10.2 Å². The average Bonchev–Trinajstić information content (AvgIpc) is 3.24. The minimum atomic E-state index is 0.356. The molecule has 2 aliphatic rings. The zero-order valence-corrected chi connectivity index (χ0v) is 19.5. The zero-order valence-electron chi connectivity index (χ0n) is 19.5. The topological polar surface area (TPSA) is 75.4 Å². The second-order valence-corrected chi connectivity index (χ2v) is 9.71. The third kappa shape index (κ3) is 5.04. The van der Waals surface area contributed by atoms with Crippen molar-refractivity contribution in [2.24, 2.45) is 5.92 Å². The molecule has 0 aromatic carbocycles. The summed E-state index contributed by atoms with van der Waals surface area (Å²) in [7, 11) is 2.05. The number of anilines is 1. The van der Waals surface area contributed by atoms with Gasteiger partial charge in [-0.3, -0.25) is 9.78 Å². The number of carbonyl (C=O) groups is 1. The molecule has 1 saturated heterocycles. The Balaban J connectivity index is 1.26. The number of nitrogens with zero attached hydrogens (tertiary/aromatic N) is 5. The molecule has 33 heavy (non-hydrogen) atoms. The molecule has 0 spiro atoms. The van der Waals surface area contributed by atoms with Crippen molar-refractivity contribution in [2.75, 3.05) is 18.4 Å². The Kier molecular flexibility index (Phi) is 6.60. The molecule has 5 rings (SSSR count). The fourth-order valence-electron chi connectivity index (χ4n) is 5.31. The van der Waals surface area contributed by atoms with Crippen molar-refractivity contribution in [3.63, 3.8) is 0 Å². The van der Waals surface area contributed by atoms with Crippen molar-refractivity contribution >= 4 is 30.7 Å². The van der Waals surface area contributed by atoms with Crippen LogP contribution in [0.1, 0.15) is 68.5 Å². The van der Waals surface area contributed by atoms with Crippen molar-refractivity contribution in [1.29, 1.82) is 0 Å². The van der Waals surface area contributed by atoms with Crippen LogP contribution in [0.3, 0.4) is 0 Å². The van der Waals surface area contributed by atoms with E-state index in [-0.39, 0.29) is 0 Å². The van der Waals surface area contributed by atoms with Crippen molar-refractivity contribution in [3.8, 4) is 0 Å². The predicted octanol–water partition coefficient (Wildman–Crippen LogP) is 2.67. The Morgan fingerprint density at radius 3 is 2.70 bits per heavy atom. The number of rotatable bonds is 6. The first kappa shape index (κ1) is 21.9. The van der Waals surface area contributed by atoms with Crippen molar-refractivity contribution in [3.05, 3.63) is 48.0 Å². The lowest BCUT2D eigenvalue weighted by molar-refractivity contribution is -0.133. The number of hydrogen-bond donors (Lipinski definition) is 1. The monoisotopic (exact) mass is 444 g/mol. The molecule has 4 heterocycles. The SMILES string of the molecule is Bc1cnn2c(NCc3cccnc3)cc(C3CCN(C(=O)CC4CCCCC4)CC3)nc12. The van der Waals surface area contributed by atoms with Crippen LogP contribution in [0.2, 0.25) is 0 Å². The number of piperidine rings is 1. The van der Waals surface area contributed by atoms with Gasteiger partial charge in [-0.1, -0.05) is 25.3 Å². The summed E-state index contributed by atoms with van der Waals surface area (Å²) in [5.74, 6) is 2.27. The summed E-state index contributed by atoms with van der Waals surface area (Å²) in [5, 5.41) is 8.06. The number of nitrogens with one attached hydrogen (secondary N) is 1. The smallest absolute Gasteiger partial charge is 0.222 e. The van der Waals surface area contributed by atoms with Gasteiger partial charge >= 0.3 is 0 Å². The summed E-state index contributed by atoms with van der Waals surface area (Å²) in [6.07, 6.45) is 14.6. The van der Waals surface area contributed by atoms with Gasteiger partial charge in [0.15, 0.2) is 5.65 Å². The summed E-state index contributed by atoms with van der Waals surface area (Å²) in [5.41, 5.74) is 4.19. The quantitative estimate of drug-likeness (QED) is 0.592. The third-order valence-corrected chi connectivity index (χ3v) is 7.32. The summed E-state index contributed by atoms with van der Waals surface area (Å²) in [6, 6.07) is 6.15. The van der Waals surface area contributed by atoms with Gasteiger partial charge in [0, 0.05) is 62.3 Å². The molecule has 2 fully saturated rings. The molecule has 3 aromatic rings. The highest BCUT2D eigenvalue weighted by Crippen LogP contribution is 2.31. The van der Waals surface area contributed by atoms with Crippen LogP contribution in [0.4, 0.5) is 5.82 Å². The summed E-state index contributed by atoms with van der Waals surface area (Å²) in [6.45, 7) is 2.35. The van der Waals surface area contributed by atoms with Crippen LogP contribution in [0.5, 0.6) is 0 Å². The first-order valence-electron chi connectivity index (χ1n) is 12.4. The molecule has 0 radical (unpaired) electrons. The lowest BCUT2D eigenvalue weighted by Crippen LogP contribution is -2.39. The number of amides is 1. The fourth-order valence-corrected chi connectivity index (χ4v) is 5.31. The largest absolute Gasteiger partial charge is 0.366 e. The number of aromatic nitrogens is 4. The molecule has 7 nitrogen and oxygen atoms in total. The maximum absolute atomic E-state index is 12.9. The molecule has 0 atom stereocenters. The molecule has 3 aromatic heterocycles. The van der Waals surface area contributed by atoms with Crippen molar-refractivity contribution < 1.29 is 4.79 Å². The Morgan fingerprint density at radius 1 is 1.12 bits per heavy atom. The van der Waals surface area contributed by atoms with Crippen molar-refractivity contribution in [1.82, 2.24) is 24.5 Å². The maximum Gasteiger partial charge on any atom is 0.222 e. The van der Waals surface area contributed by atoms with Crippen LogP contribution in [0.15, 0.2) is 36.8 Å². The molecule has 1 N–H and O–H groups in total. The van der Waals surface area contributed by atoms with E-state index < -0.39 is 0 Å². The van der Waals surface area contributed by atoms with Crippen LogP contribution < -0.4 is 10.8 Å². The van der Waals surface area contributed by atoms with Gasteiger partial charge in [0.2, 0.25) is 5.91 Å². The molecule has 1 amide bonds. The summed E-state index contributed by atoms with van der Waals surface area (Å²) in [4.78, 5) is 24.1. The van der Waals surface area contributed by atoms with Crippen LogP contribution in [-0.2, 0) is 11.3 Å². The second kappa shape index (κ2) is 9.93. The number of pyridine rings is 1. The Morgan fingerprint density at radius 2 is 1.94 bits per heavy atom. The number of carbonyl (C=O) groups excluding carboxylic acids is 1. The molecule has 1 aliphatic heterocycles. The summed E-state index contributed by atoms with van der Waals surface area (Å²) < 4.78 is 1.89.